The van der Waals surface area contributed by atoms with Gasteiger partial charge in [0.05, 0.1) is 12.5 Å². The van der Waals surface area contributed by atoms with E-state index in [9.17, 15) is 0 Å². The van der Waals surface area contributed by atoms with Crippen LogP contribution in [0, 0.1) is 0 Å². The van der Waals surface area contributed by atoms with Gasteiger partial charge in [-0.05, 0) is 23.1 Å². The summed E-state index contributed by atoms with van der Waals surface area (Å²) in [6.07, 6.45) is 5.33. The molecule has 2 aromatic heterocycles. The van der Waals surface area contributed by atoms with Crippen LogP contribution in [-0.2, 0) is 12.0 Å². The van der Waals surface area contributed by atoms with E-state index in [2.05, 4.69) is 37.1 Å². The largest absolute Gasteiger partial charge is 0.472 e. The van der Waals surface area contributed by atoms with Crippen molar-refractivity contribution in [1.29, 1.82) is 0 Å². The molecule has 0 saturated carbocycles. The summed E-state index contributed by atoms with van der Waals surface area (Å²) in [6.45, 7) is 7.28. The maximum Gasteiger partial charge on any atom is 0.126 e. The number of furan rings is 1. The Morgan fingerprint density at radius 1 is 1.24 bits per heavy atom. The van der Waals surface area contributed by atoms with Crippen molar-refractivity contribution in [2.24, 2.45) is 0 Å². The second-order valence-electron chi connectivity index (χ2n) is 5.17. The summed E-state index contributed by atoms with van der Waals surface area (Å²) in [5, 5.41) is 3.25. The summed E-state index contributed by atoms with van der Waals surface area (Å²) in [6, 6.07) is 6.07. The molecule has 0 aliphatic rings. The average Bonchev–Trinajstić information content (AvgIpc) is 2.78. The molecule has 0 radical (unpaired) electrons. The standard InChI is InChI=1S/C14H18N2O/c1-14(2,3)12-4-5-13(16-9-12)15-8-11-6-7-17-10-11/h4-7,9-10H,8H2,1-3H3,(H,15,16). The van der Waals surface area contributed by atoms with Crippen LogP contribution in [-0.4, -0.2) is 4.98 Å². The summed E-state index contributed by atoms with van der Waals surface area (Å²) in [5.41, 5.74) is 2.51. The molecule has 0 aliphatic carbocycles. The zero-order valence-corrected chi connectivity index (χ0v) is 10.5. The molecule has 3 heteroatoms. The van der Waals surface area contributed by atoms with Gasteiger partial charge in [-0.15, -0.1) is 0 Å². The van der Waals surface area contributed by atoms with Gasteiger partial charge in [0.2, 0.25) is 0 Å². The Labute approximate surface area is 102 Å². The third-order valence-electron chi connectivity index (χ3n) is 2.68. The van der Waals surface area contributed by atoms with Crippen LogP contribution in [0.3, 0.4) is 0 Å². The topological polar surface area (TPSA) is 38.1 Å². The molecule has 0 spiro atoms. The Bertz CT molecular complexity index is 452. The highest BCUT2D eigenvalue weighted by Crippen LogP contribution is 2.21. The Morgan fingerprint density at radius 3 is 2.59 bits per heavy atom. The lowest BCUT2D eigenvalue weighted by atomic mass is 9.88. The highest BCUT2D eigenvalue weighted by molar-refractivity contribution is 5.37. The molecule has 1 N–H and O–H groups in total. The van der Waals surface area contributed by atoms with E-state index < -0.39 is 0 Å². The van der Waals surface area contributed by atoms with Gasteiger partial charge in [-0.25, -0.2) is 4.98 Å². The zero-order chi connectivity index (χ0) is 12.3. The Kier molecular flexibility index (Phi) is 3.18. The number of nitrogens with zero attached hydrogens (tertiary/aromatic N) is 1. The van der Waals surface area contributed by atoms with E-state index in [4.69, 9.17) is 4.42 Å². The first-order chi connectivity index (χ1) is 8.05. The monoisotopic (exact) mass is 230 g/mol. The number of hydrogen-bond acceptors (Lipinski definition) is 3. The van der Waals surface area contributed by atoms with Crippen molar-refractivity contribution in [2.45, 2.75) is 32.7 Å². The highest BCUT2D eigenvalue weighted by Gasteiger charge is 2.13. The van der Waals surface area contributed by atoms with E-state index >= 15 is 0 Å². The van der Waals surface area contributed by atoms with Crippen molar-refractivity contribution >= 4 is 5.82 Å². The molecule has 0 saturated heterocycles. The van der Waals surface area contributed by atoms with Crippen LogP contribution in [0.25, 0.3) is 0 Å². The lowest BCUT2D eigenvalue weighted by Crippen LogP contribution is -2.11. The second-order valence-corrected chi connectivity index (χ2v) is 5.17. The summed E-state index contributed by atoms with van der Waals surface area (Å²) in [7, 11) is 0. The third-order valence-corrected chi connectivity index (χ3v) is 2.68. The molecule has 0 unspecified atom stereocenters. The van der Waals surface area contributed by atoms with E-state index in [0.717, 1.165) is 17.9 Å². The Morgan fingerprint density at radius 2 is 2.06 bits per heavy atom. The van der Waals surface area contributed by atoms with Crippen LogP contribution in [0.2, 0.25) is 0 Å². The fourth-order valence-corrected chi connectivity index (χ4v) is 1.53. The van der Waals surface area contributed by atoms with Crippen LogP contribution in [0.1, 0.15) is 31.9 Å². The molecule has 17 heavy (non-hydrogen) atoms. The summed E-state index contributed by atoms with van der Waals surface area (Å²) in [5.74, 6) is 0.888. The predicted molar refractivity (Wildman–Crippen MR) is 69.0 cm³/mol. The van der Waals surface area contributed by atoms with Gasteiger partial charge >= 0.3 is 0 Å². The lowest BCUT2D eigenvalue weighted by molar-refractivity contribution is 0.564. The molecule has 0 bridgehead atoms. The molecule has 0 aliphatic heterocycles. The van der Waals surface area contributed by atoms with Crippen molar-refractivity contribution in [3.63, 3.8) is 0 Å². The van der Waals surface area contributed by atoms with E-state index in [1.807, 2.05) is 18.3 Å². The molecule has 2 heterocycles. The molecule has 90 valence electrons. The van der Waals surface area contributed by atoms with Crippen molar-refractivity contribution in [1.82, 2.24) is 4.98 Å². The second kappa shape index (κ2) is 4.62. The van der Waals surface area contributed by atoms with Gasteiger partial charge in [0.15, 0.2) is 0 Å². The minimum Gasteiger partial charge on any atom is -0.472 e. The SMILES string of the molecule is CC(C)(C)c1ccc(NCc2ccoc2)nc1. The van der Waals surface area contributed by atoms with E-state index in [1.54, 1.807) is 12.5 Å². The van der Waals surface area contributed by atoms with Gasteiger partial charge in [-0.1, -0.05) is 26.8 Å². The molecular weight excluding hydrogens is 212 g/mol. The smallest absolute Gasteiger partial charge is 0.126 e. The number of hydrogen-bond donors (Lipinski definition) is 1. The minimum atomic E-state index is 0.149. The first kappa shape index (κ1) is 11.7. The molecule has 3 nitrogen and oxygen atoms in total. The number of nitrogens with one attached hydrogen (secondary N) is 1. The molecule has 0 fully saturated rings. The lowest BCUT2D eigenvalue weighted by Gasteiger charge is -2.18. The molecule has 0 amide bonds. The molecule has 2 aromatic rings. The number of pyridine rings is 1. The van der Waals surface area contributed by atoms with Crippen LogP contribution in [0.4, 0.5) is 5.82 Å². The first-order valence-electron chi connectivity index (χ1n) is 5.77. The molecular formula is C14H18N2O. The van der Waals surface area contributed by atoms with Gasteiger partial charge in [-0.2, -0.15) is 0 Å². The fourth-order valence-electron chi connectivity index (χ4n) is 1.53. The molecule has 2 rings (SSSR count). The van der Waals surface area contributed by atoms with Crippen LogP contribution >= 0.6 is 0 Å². The average molecular weight is 230 g/mol. The Balaban J connectivity index is 1.99. The van der Waals surface area contributed by atoms with Crippen LogP contribution < -0.4 is 5.32 Å². The summed E-state index contributed by atoms with van der Waals surface area (Å²) in [4.78, 5) is 4.40. The van der Waals surface area contributed by atoms with Gasteiger partial charge in [0, 0.05) is 18.3 Å². The minimum absolute atomic E-state index is 0.149. The van der Waals surface area contributed by atoms with Crippen molar-refractivity contribution in [3.05, 3.63) is 48.0 Å². The van der Waals surface area contributed by atoms with Gasteiger partial charge in [-0.3, -0.25) is 0 Å². The number of anilines is 1. The van der Waals surface area contributed by atoms with Gasteiger partial charge in [0.1, 0.15) is 5.82 Å². The van der Waals surface area contributed by atoms with E-state index in [0.29, 0.717) is 0 Å². The van der Waals surface area contributed by atoms with Crippen LogP contribution in [0.5, 0.6) is 0 Å². The quantitative estimate of drug-likeness (QED) is 0.875. The fraction of sp³-hybridized carbons (Fsp3) is 0.357. The number of rotatable bonds is 3. The van der Waals surface area contributed by atoms with E-state index in [1.165, 1.54) is 5.56 Å². The Hall–Kier alpha value is -1.77. The summed E-state index contributed by atoms with van der Waals surface area (Å²) < 4.78 is 5.01. The van der Waals surface area contributed by atoms with Gasteiger partial charge in [0.25, 0.3) is 0 Å². The summed E-state index contributed by atoms with van der Waals surface area (Å²) >= 11 is 0. The van der Waals surface area contributed by atoms with Gasteiger partial charge < -0.3 is 9.73 Å². The maximum atomic E-state index is 5.01. The van der Waals surface area contributed by atoms with Crippen molar-refractivity contribution < 1.29 is 4.42 Å². The molecule has 0 atom stereocenters. The van der Waals surface area contributed by atoms with Crippen molar-refractivity contribution in [2.75, 3.05) is 5.32 Å². The maximum absolute atomic E-state index is 5.01. The zero-order valence-electron chi connectivity index (χ0n) is 10.5. The number of aromatic nitrogens is 1. The molecule has 0 aromatic carbocycles. The van der Waals surface area contributed by atoms with E-state index in [-0.39, 0.29) is 5.41 Å². The highest BCUT2D eigenvalue weighted by atomic mass is 16.3. The first-order valence-corrected chi connectivity index (χ1v) is 5.77. The van der Waals surface area contributed by atoms with Crippen LogP contribution in [0.15, 0.2) is 41.3 Å². The third kappa shape index (κ3) is 3.09. The van der Waals surface area contributed by atoms with Crippen molar-refractivity contribution in [3.8, 4) is 0 Å². The normalized spacial score (nSPS) is 11.5. The predicted octanol–water partition coefficient (Wildman–Crippen LogP) is 3.58.